The molecule has 0 saturated carbocycles. The molecule has 0 aromatic heterocycles. The number of carbonyl (C=O) groups is 2. The van der Waals surface area contributed by atoms with Crippen molar-refractivity contribution in [3.05, 3.63) is 65.7 Å². The number of likely N-dealkylation sites (tertiary alicyclic amines) is 1. The molecule has 2 amide bonds. The minimum Gasteiger partial charge on any atom is -0.282 e. The maximum atomic E-state index is 13.1. The molecule has 0 unspecified atom stereocenters. The molecule has 0 N–H and O–H groups in total. The summed E-state index contributed by atoms with van der Waals surface area (Å²) in [7, 11) is 0. The number of hydroxylamine groups is 1. The minimum atomic E-state index is -0.403. The van der Waals surface area contributed by atoms with Crippen LogP contribution in [0.3, 0.4) is 0 Å². The topological polar surface area (TPSA) is 49.9 Å². The van der Waals surface area contributed by atoms with Crippen LogP contribution >= 0.6 is 0 Å². The van der Waals surface area contributed by atoms with Crippen LogP contribution in [-0.4, -0.2) is 29.9 Å². The SMILES string of the molecule is Cc1ccc([C@@H]2[C@@H](C(=O)N3CCCC3=O)CON2c2ccccc2)cc1. The van der Waals surface area contributed by atoms with Gasteiger partial charge >= 0.3 is 0 Å². The molecule has 0 aliphatic carbocycles. The summed E-state index contributed by atoms with van der Waals surface area (Å²) in [5.74, 6) is -0.604. The van der Waals surface area contributed by atoms with Gasteiger partial charge in [-0.3, -0.25) is 19.3 Å². The Morgan fingerprint density at radius 1 is 1.08 bits per heavy atom. The van der Waals surface area contributed by atoms with Crippen LogP contribution in [0.4, 0.5) is 5.69 Å². The zero-order chi connectivity index (χ0) is 18.1. The van der Waals surface area contributed by atoms with Gasteiger partial charge in [-0.05, 0) is 31.0 Å². The van der Waals surface area contributed by atoms with Gasteiger partial charge in [-0.15, -0.1) is 0 Å². The third-order valence-electron chi connectivity index (χ3n) is 5.11. The zero-order valence-corrected chi connectivity index (χ0v) is 14.8. The van der Waals surface area contributed by atoms with Crippen molar-refractivity contribution in [3.63, 3.8) is 0 Å². The molecular weight excluding hydrogens is 328 g/mol. The third-order valence-corrected chi connectivity index (χ3v) is 5.11. The molecule has 4 rings (SSSR count). The molecule has 0 spiro atoms. The molecule has 0 bridgehead atoms. The minimum absolute atomic E-state index is 0.0733. The normalized spacial score (nSPS) is 22.9. The van der Waals surface area contributed by atoms with Crippen molar-refractivity contribution in [2.45, 2.75) is 25.8 Å². The van der Waals surface area contributed by atoms with E-state index in [0.29, 0.717) is 13.0 Å². The number of aryl methyl sites for hydroxylation is 1. The van der Waals surface area contributed by atoms with E-state index in [2.05, 4.69) is 0 Å². The van der Waals surface area contributed by atoms with E-state index in [9.17, 15) is 9.59 Å². The summed E-state index contributed by atoms with van der Waals surface area (Å²) in [6, 6.07) is 17.7. The van der Waals surface area contributed by atoms with Gasteiger partial charge in [0.15, 0.2) is 0 Å². The highest BCUT2D eigenvalue weighted by atomic mass is 16.7. The number of amides is 2. The van der Waals surface area contributed by atoms with Crippen molar-refractivity contribution in [1.82, 2.24) is 4.90 Å². The van der Waals surface area contributed by atoms with E-state index < -0.39 is 5.92 Å². The van der Waals surface area contributed by atoms with Crippen LogP contribution < -0.4 is 5.06 Å². The molecule has 2 atom stereocenters. The number of rotatable bonds is 3. The predicted molar refractivity (Wildman–Crippen MR) is 98.2 cm³/mol. The van der Waals surface area contributed by atoms with Gasteiger partial charge in [-0.25, -0.2) is 5.06 Å². The molecule has 2 aromatic rings. The Morgan fingerprint density at radius 3 is 2.46 bits per heavy atom. The average molecular weight is 350 g/mol. The monoisotopic (exact) mass is 350 g/mol. The second-order valence-corrected chi connectivity index (χ2v) is 6.91. The lowest BCUT2D eigenvalue weighted by Crippen LogP contribution is -2.40. The summed E-state index contributed by atoms with van der Waals surface area (Å²) in [6.45, 7) is 2.82. The van der Waals surface area contributed by atoms with Crippen LogP contribution in [-0.2, 0) is 14.4 Å². The molecule has 2 aromatic carbocycles. The van der Waals surface area contributed by atoms with Gasteiger partial charge in [0.1, 0.15) is 0 Å². The number of carbonyl (C=O) groups excluding carboxylic acids is 2. The van der Waals surface area contributed by atoms with Gasteiger partial charge in [0, 0.05) is 13.0 Å². The summed E-state index contributed by atoms with van der Waals surface area (Å²) in [5.41, 5.74) is 3.08. The van der Waals surface area contributed by atoms with Gasteiger partial charge in [0.05, 0.1) is 24.3 Å². The number of benzene rings is 2. The summed E-state index contributed by atoms with van der Waals surface area (Å²) < 4.78 is 0. The van der Waals surface area contributed by atoms with Crippen molar-refractivity contribution >= 4 is 17.5 Å². The molecule has 2 fully saturated rings. The number of hydrogen-bond acceptors (Lipinski definition) is 4. The average Bonchev–Trinajstić information content (AvgIpc) is 3.29. The Kier molecular flexibility index (Phi) is 4.47. The van der Waals surface area contributed by atoms with E-state index in [4.69, 9.17) is 4.84 Å². The van der Waals surface area contributed by atoms with Crippen molar-refractivity contribution in [1.29, 1.82) is 0 Å². The van der Waals surface area contributed by atoms with Crippen LogP contribution in [0.25, 0.3) is 0 Å². The van der Waals surface area contributed by atoms with Crippen molar-refractivity contribution in [2.75, 3.05) is 18.2 Å². The van der Waals surface area contributed by atoms with Gasteiger partial charge in [0.2, 0.25) is 11.8 Å². The van der Waals surface area contributed by atoms with E-state index in [1.807, 2.05) is 66.6 Å². The molecule has 5 heteroatoms. The van der Waals surface area contributed by atoms with Crippen LogP contribution in [0.1, 0.15) is 30.0 Å². The molecule has 134 valence electrons. The standard InChI is InChI=1S/C21H22N2O3/c1-15-9-11-16(12-10-15)20-18(21(25)22-13-5-8-19(22)24)14-26-23(20)17-6-3-2-4-7-17/h2-4,6-7,9-12,18,20H,5,8,13-14H2,1H3/t18-,20+/m0/s1. The van der Waals surface area contributed by atoms with Crippen LogP contribution in [0.5, 0.6) is 0 Å². The van der Waals surface area contributed by atoms with E-state index in [1.54, 1.807) is 0 Å². The third kappa shape index (κ3) is 2.99. The van der Waals surface area contributed by atoms with Crippen LogP contribution in [0.15, 0.2) is 54.6 Å². The number of anilines is 1. The highest BCUT2D eigenvalue weighted by Gasteiger charge is 2.45. The first-order valence-corrected chi connectivity index (χ1v) is 9.03. The second-order valence-electron chi connectivity index (χ2n) is 6.91. The summed E-state index contributed by atoms with van der Waals surface area (Å²) in [4.78, 5) is 32.5. The molecule has 2 aliphatic rings. The maximum absolute atomic E-state index is 13.1. The lowest BCUT2D eigenvalue weighted by molar-refractivity contribution is -0.144. The fraction of sp³-hybridized carbons (Fsp3) is 0.333. The lowest BCUT2D eigenvalue weighted by atomic mass is 9.92. The highest BCUT2D eigenvalue weighted by Crippen LogP contribution is 2.40. The molecule has 2 saturated heterocycles. The molecule has 2 aliphatic heterocycles. The van der Waals surface area contributed by atoms with Gasteiger partial charge in [-0.1, -0.05) is 48.0 Å². The lowest BCUT2D eigenvalue weighted by Gasteiger charge is -2.28. The van der Waals surface area contributed by atoms with E-state index >= 15 is 0 Å². The van der Waals surface area contributed by atoms with Crippen LogP contribution in [0.2, 0.25) is 0 Å². The van der Waals surface area contributed by atoms with Gasteiger partial charge in [-0.2, -0.15) is 0 Å². The summed E-state index contributed by atoms with van der Waals surface area (Å²) >= 11 is 0. The van der Waals surface area contributed by atoms with E-state index in [0.717, 1.165) is 23.2 Å². The Bertz CT molecular complexity index is 804. The Hall–Kier alpha value is -2.66. The molecule has 5 nitrogen and oxygen atoms in total. The second kappa shape index (κ2) is 6.92. The number of imide groups is 1. The first kappa shape index (κ1) is 16.8. The quantitative estimate of drug-likeness (QED) is 0.798. The van der Waals surface area contributed by atoms with Crippen molar-refractivity contribution in [2.24, 2.45) is 5.92 Å². The smallest absolute Gasteiger partial charge is 0.237 e. The molecular formula is C21H22N2O3. The zero-order valence-electron chi connectivity index (χ0n) is 14.8. The first-order valence-electron chi connectivity index (χ1n) is 9.03. The van der Waals surface area contributed by atoms with Gasteiger partial charge in [0.25, 0.3) is 0 Å². The molecule has 2 heterocycles. The van der Waals surface area contributed by atoms with Gasteiger partial charge < -0.3 is 0 Å². The fourth-order valence-corrected chi connectivity index (χ4v) is 3.72. The number of para-hydroxylation sites is 1. The summed E-state index contributed by atoms with van der Waals surface area (Å²) in [6.07, 6.45) is 1.20. The van der Waals surface area contributed by atoms with E-state index in [-0.39, 0.29) is 24.5 Å². The van der Waals surface area contributed by atoms with Crippen LogP contribution in [0, 0.1) is 12.8 Å². The van der Waals surface area contributed by atoms with Crippen molar-refractivity contribution in [3.8, 4) is 0 Å². The Balaban J connectivity index is 1.70. The maximum Gasteiger partial charge on any atom is 0.237 e. The largest absolute Gasteiger partial charge is 0.282 e. The van der Waals surface area contributed by atoms with E-state index in [1.165, 1.54) is 4.90 Å². The summed E-state index contributed by atoms with van der Waals surface area (Å²) in [5, 5.41) is 1.81. The Morgan fingerprint density at radius 2 is 1.81 bits per heavy atom. The van der Waals surface area contributed by atoms with Crippen molar-refractivity contribution < 1.29 is 14.4 Å². The Labute approximate surface area is 153 Å². The first-order chi connectivity index (χ1) is 12.6. The predicted octanol–water partition coefficient (Wildman–Crippen LogP) is 3.25. The fourth-order valence-electron chi connectivity index (χ4n) is 3.72. The number of hydrogen-bond donors (Lipinski definition) is 0. The molecule has 26 heavy (non-hydrogen) atoms. The number of nitrogens with zero attached hydrogens (tertiary/aromatic N) is 2. The highest BCUT2D eigenvalue weighted by molar-refractivity contribution is 5.98. The molecule has 0 radical (unpaired) electrons.